The van der Waals surface area contributed by atoms with Crippen molar-refractivity contribution in [1.29, 1.82) is 0 Å². The van der Waals surface area contributed by atoms with Crippen molar-refractivity contribution >= 4 is 39.2 Å². The fourth-order valence-corrected chi connectivity index (χ4v) is 3.58. The van der Waals surface area contributed by atoms with E-state index >= 15 is 0 Å². The molecule has 2 heterocycles. The number of ether oxygens (including phenoxy) is 1. The lowest BCUT2D eigenvalue weighted by atomic mass is 10.1. The Morgan fingerprint density at radius 1 is 1.31 bits per heavy atom. The van der Waals surface area contributed by atoms with Gasteiger partial charge in [0.05, 0.1) is 12.0 Å². The predicted octanol–water partition coefficient (Wildman–Crippen LogP) is 3.41. The van der Waals surface area contributed by atoms with E-state index in [1.165, 1.54) is 23.5 Å². The molecule has 0 bridgehead atoms. The number of aromatic hydroxyl groups is 1. The first kappa shape index (κ1) is 17.9. The number of nitrogens with zero attached hydrogens (tertiary/aromatic N) is 1. The van der Waals surface area contributed by atoms with Crippen LogP contribution in [0.25, 0.3) is 21.9 Å². The molecule has 0 aliphatic carbocycles. The van der Waals surface area contributed by atoms with E-state index in [2.05, 4.69) is 9.97 Å². The second-order valence-corrected chi connectivity index (χ2v) is 6.95. The maximum Gasteiger partial charge on any atom is 0.341 e. The first-order valence-electron chi connectivity index (χ1n) is 8.09. The number of esters is 1. The fraction of sp³-hybridized carbons (Fsp3) is 0.211. The zero-order chi connectivity index (χ0) is 18.8. The number of thiophene rings is 1. The van der Waals surface area contributed by atoms with Crippen LogP contribution in [0, 0.1) is 13.8 Å². The van der Waals surface area contributed by atoms with E-state index < -0.39 is 5.97 Å². The number of hydrogen-bond acceptors (Lipinski definition) is 6. The van der Waals surface area contributed by atoms with Gasteiger partial charge in [0.25, 0.3) is 5.56 Å². The third kappa shape index (κ3) is 3.39. The highest BCUT2D eigenvalue weighted by molar-refractivity contribution is 7.18. The topological polar surface area (TPSA) is 92.3 Å². The number of nitrogens with one attached hydrogen (secondary N) is 1. The van der Waals surface area contributed by atoms with Crippen LogP contribution in [0.3, 0.4) is 0 Å². The maximum absolute atomic E-state index is 12.5. The summed E-state index contributed by atoms with van der Waals surface area (Å²) in [6, 6.07) is 6.34. The van der Waals surface area contributed by atoms with E-state index in [1.807, 2.05) is 13.8 Å². The van der Waals surface area contributed by atoms with Crippen molar-refractivity contribution in [2.75, 3.05) is 6.61 Å². The number of rotatable bonds is 4. The number of phenolic OH excluding ortho intramolecular Hbond substituents is 1. The molecule has 0 fully saturated rings. The van der Waals surface area contributed by atoms with Gasteiger partial charge in [0.15, 0.2) is 0 Å². The molecule has 2 N–H and O–H groups in total. The SMILES string of the molecule is CCOC(=O)/C(=C\c1ccc(O)cc1)c1nc2sc(C)c(C)c2c(=O)[nH]1. The number of carbonyl (C=O) groups excluding carboxylic acids is 1. The van der Waals surface area contributed by atoms with Crippen molar-refractivity contribution in [1.82, 2.24) is 9.97 Å². The zero-order valence-corrected chi connectivity index (χ0v) is 15.4. The van der Waals surface area contributed by atoms with Crippen molar-refractivity contribution in [3.8, 4) is 5.75 Å². The van der Waals surface area contributed by atoms with Gasteiger partial charge < -0.3 is 14.8 Å². The number of fused-ring (bicyclic) bond motifs is 1. The Balaban J connectivity index is 2.18. The smallest absolute Gasteiger partial charge is 0.341 e. The first-order chi connectivity index (χ1) is 12.4. The van der Waals surface area contributed by atoms with Crippen LogP contribution in [0.2, 0.25) is 0 Å². The Kier molecular flexibility index (Phi) is 4.90. The second-order valence-electron chi connectivity index (χ2n) is 5.75. The Labute approximate surface area is 153 Å². The molecule has 0 aliphatic rings. The molecule has 0 amide bonds. The van der Waals surface area contributed by atoms with E-state index in [4.69, 9.17) is 4.74 Å². The van der Waals surface area contributed by atoms with Crippen LogP contribution in [0.1, 0.15) is 28.8 Å². The molecule has 26 heavy (non-hydrogen) atoms. The molecule has 1 aromatic carbocycles. The van der Waals surface area contributed by atoms with Gasteiger partial charge in [-0.3, -0.25) is 4.79 Å². The molecule has 3 aromatic rings. The van der Waals surface area contributed by atoms with Crippen molar-refractivity contribution in [3.05, 3.63) is 56.4 Å². The van der Waals surface area contributed by atoms with E-state index in [-0.39, 0.29) is 29.3 Å². The van der Waals surface area contributed by atoms with Crippen molar-refractivity contribution < 1.29 is 14.6 Å². The summed E-state index contributed by atoms with van der Waals surface area (Å²) in [5, 5.41) is 9.96. The Bertz CT molecular complexity index is 1060. The average molecular weight is 370 g/mol. The molecule has 3 rings (SSSR count). The minimum Gasteiger partial charge on any atom is -0.508 e. The number of aromatic amines is 1. The highest BCUT2D eigenvalue weighted by Gasteiger charge is 2.19. The normalized spacial score (nSPS) is 11.7. The standard InChI is InChI=1S/C19H18N2O4S/c1-4-25-19(24)14(9-12-5-7-13(22)8-6-12)16-20-17(23)15-10(2)11(3)26-18(15)21-16/h5-9,22H,4H2,1-3H3,(H,20,21,23)/b14-9-. The van der Waals surface area contributed by atoms with Crippen molar-refractivity contribution in [2.45, 2.75) is 20.8 Å². The van der Waals surface area contributed by atoms with Gasteiger partial charge >= 0.3 is 5.97 Å². The van der Waals surface area contributed by atoms with Gasteiger partial charge in [0, 0.05) is 4.88 Å². The van der Waals surface area contributed by atoms with Crippen LogP contribution in [0.4, 0.5) is 0 Å². The van der Waals surface area contributed by atoms with E-state index in [9.17, 15) is 14.7 Å². The zero-order valence-electron chi connectivity index (χ0n) is 14.6. The largest absolute Gasteiger partial charge is 0.508 e. The number of H-pyrrole nitrogens is 1. The summed E-state index contributed by atoms with van der Waals surface area (Å²) in [6.45, 7) is 5.72. The van der Waals surface area contributed by atoms with Crippen LogP contribution < -0.4 is 5.56 Å². The van der Waals surface area contributed by atoms with Crippen LogP contribution in [0.15, 0.2) is 29.1 Å². The molecule has 0 radical (unpaired) electrons. The summed E-state index contributed by atoms with van der Waals surface area (Å²) in [4.78, 5) is 33.7. The molecule has 0 atom stereocenters. The Morgan fingerprint density at radius 3 is 2.65 bits per heavy atom. The highest BCUT2D eigenvalue weighted by Crippen LogP contribution is 2.27. The van der Waals surface area contributed by atoms with E-state index in [0.29, 0.717) is 15.8 Å². The lowest BCUT2D eigenvalue weighted by Gasteiger charge is -2.07. The van der Waals surface area contributed by atoms with Gasteiger partial charge in [-0.25, -0.2) is 9.78 Å². The number of carbonyl (C=O) groups is 1. The first-order valence-corrected chi connectivity index (χ1v) is 8.90. The number of hydrogen-bond donors (Lipinski definition) is 2. The van der Waals surface area contributed by atoms with Crippen molar-refractivity contribution in [3.63, 3.8) is 0 Å². The van der Waals surface area contributed by atoms with Crippen LogP contribution >= 0.6 is 11.3 Å². The Morgan fingerprint density at radius 2 is 2.00 bits per heavy atom. The summed E-state index contributed by atoms with van der Waals surface area (Å²) < 4.78 is 5.12. The van der Waals surface area contributed by atoms with E-state index in [1.54, 1.807) is 25.1 Å². The maximum atomic E-state index is 12.5. The number of benzene rings is 1. The summed E-state index contributed by atoms with van der Waals surface area (Å²) >= 11 is 1.41. The lowest BCUT2D eigenvalue weighted by molar-refractivity contribution is -0.136. The van der Waals surface area contributed by atoms with Crippen LogP contribution in [-0.4, -0.2) is 27.7 Å². The summed E-state index contributed by atoms with van der Waals surface area (Å²) in [5.41, 5.74) is 1.44. The minimum atomic E-state index is -0.576. The fourth-order valence-electron chi connectivity index (χ4n) is 2.55. The quantitative estimate of drug-likeness (QED) is 0.542. The minimum absolute atomic E-state index is 0.123. The number of phenols is 1. The molecule has 0 saturated carbocycles. The van der Waals surface area contributed by atoms with E-state index in [0.717, 1.165) is 10.4 Å². The van der Waals surface area contributed by atoms with Gasteiger partial charge in [-0.15, -0.1) is 11.3 Å². The third-order valence-electron chi connectivity index (χ3n) is 3.99. The van der Waals surface area contributed by atoms with Crippen LogP contribution in [-0.2, 0) is 9.53 Å². The molecule has 7 heteroatoms. The van der Waals surface area contributed by atoms with Crippen LogP contribution in [0.5, 0.6) is 5.75 Å². The second kappa shape index (κ2) is 7.13. The molecular weight excluding hydrogens is 352 g/mol. The van der Waals surface area contributed by atoms with Gasteiger partial charge in [-0.05, 0) is 50.1 Å². The highest BCUT2D eigenvalue weighted by atomic mass is 32.1. The molecule has 0 unspecified atom stereocenters. The molecule has 2 aromatic heterocycles. The number of aryl methyl sites for hydroxylation is 2. The molecule has 6 nitrogen and oxygen atoms in total. The molecule has 0 aliphatic heterocycles. The molecule has 0 saturated heterocycles. The lowest BCUT2D eigenvalue weighted by Crippen LogP contribution is -2.15. The van der Waals surface area contributed by atoms with Gasteiger partial charge in [0.1, 0.15) is 22.0 Å². The van der Waals surface area contributed by atoms with Gasteiger partial charge in [0.2, 0.25) is 0 Å². The molecule has 0 spiro atoms. The third-order valence-corrected chi connectivity index (χ3v) is 5.09. The summed E-state index contributed by atoms with van der Waals surface area (Å²) in [7, 11) is 0. The number of aromatic nitrogens is 2. The average Bonchev–Trinajstić information content (AvgIpc) is 2.89. The predicted molar refractivity (Wildman–Crippen MR) is 102 cm³/mol. The van der Waals surface area contributed by atoms with Crippen molar-refractivity contribution in [2.24, 2.45) is 0 Å². The van der Waals surface area contributed by atoms with Gasteiger partial charge in [-0.1, -0.05) is 12.1 Å². The Hall–Kier alpha value is -2.93. The summed E-state index contributed by atoms with van der Waals surface area (Å²) in [6.07, 6.45) is 1.58. The summed E-state index contributed by atoms with van der Waals surface area (Å²) in [5.74, 6) is -0.291. The van der Waals surface area contributed by atoms with Gasteiger partial charge in [-0.2, -0.15) is 0 Å². The molecular formula is C19H18N2O4S. The monoisotopic (exact) mass is 370 g/mol. The molecule has 134 valence electrons.